The fourth-order valence-electron chi connectivity index (χ4n) is 5.13. The Kier molecular flexibility index (Phi) is 7.65. The van der Waals surface area contributed by atoms with Gasteiger partial charge in [-0.2, -0.15) is 0 Å². The molecule has 6 nitrogen and oxygen atoms in total. The van der Waals surface area contributed by atoms with Gasteiger partial charge in [0.05, 0.1) is 5.02 Å². The van der Waals surface area contributed by atoms with Gasteiger partial charge in [-0.3, -0.25) is 0 Å². The molecule has 0 aromatic heterocycles. The van der Waals surface area contributed by atoms with Gasteiger partial charge in [0.15, 0.2) is 0 Å². The number of rotatable bonds is 10. The summed E-state index contributed by atoms with van der Waals surface area (Å²) >= 11 is 6.73. The Morgan fingerprint density at radius 2 is 1.42 bits per heavy atom. The molecule has 7 heteroatoms. The van der Waals surface area contributed by atoms with E-state index in [1.807, 2.05) is 18.2 Å². The minimum Gasteiger partial charge on any atom is -0.489 e. The molecule has 1 saturated carbocycles. The first-order chi connectivity index (χ1) is 17.1. The van der Waals surface area contributed by atoms with Gasteiger partial charge in [-0.25, -0.2) is 9.59 Å². The molecule has 0 aliphatic heterocycles. The fraction of sp³-hybridized carbons (Fsp3) is 0.448. The van der Waals surface area contributed by atoms with Gasteiger partial charge in [0, 0.05) is 33.0 Å². The smallest absolute Gasteiger partial charge is 0.333 e. The maximum atomic E-state index is 11.9. The van der Waals surface area contributed by atoms with Crippen LogP contribution in [0, 0.1) is 0 Å². The van der Waals surface area contributed by atoms with Gasteiger partial charge >= 0.3 is 11.9 Å². The Balaban J connectivity index is 1.69. The van der Waals surface area contributed by atoms with Crippen LogP contribution in [0.2, 0.25) is 5.02 Å². The number of carbonyl (C=O) groups excluding carboxylic acids is 2. The lowest BCUT2D eigenvalue weighted by atomic mass is 9.87. The van der Waals surface area contributed by atoms with Gasteiger partial charge in [0.2, 0.25) is 0 Å². The second kappa shape index (κ2) is 10.6. The molecule has 2 bridgehead atoms. The summed E-state index contributed by atoms with van der Waals surface area (Å²) in [7, 11) is 0. The van der Waals surface area contributed by atoms with Gasteiger partial charge in [-0.15, -0.1) is 0 Å². The molecule has 192 valence electrons. The van der Waals surface area contributed by atoms with Crippen molar-refractivity contribution in [2.75, 3.05) is 13.2 Å². The maximum Gasteiger partial charge on any atom is 0.333 e. The second-order valence-electron chi connectivity index (χ2n) is 9.97. The van der Waals surface area contributed by atoms with Gasteiger partial charge in [-0.05, 0) is 64.9 Å². The van der Waals surface area contributed by atoms with E-state index in [0.717, 1.165) is 52.7 Å². The van der Waals surface area contributed by atoms with Crippen molar-refractivity contribution in [2.45, 2.75) is 71.0 Å². The topological polar surface area (TPSA) is 71.1 Å². The number of fused-ring (bicyclic) bond motifs is 6. The molecular weight excluding hydrogens is 480 g/mol. The third kappa shape index (κ3) is 5.10. The monoisotopic (exact) mass is 512 g/mol. The summed E-state index contributed by atoms with van der Waals surface area (Å²) in [6.07, 6.45) is 2.30. The van der Waals surface area contributed by atoms with Crippen LogP contribution < -0.4 is 9.47 Å². The third-order valence-corrected chi connectivity index (χ3v) is 7.07. The summed E-state index contributed by atoms with van der Waals surface area (Å²) in [6, 6.07) is 5.70. The molecule has 0 N–H and O–H groups in total. The van der Waals surface area contributed by atoms with E-state index in [0.29, 0.717) is 28.0 Å². The van der Waals surface area contributed by atoms with Crippen molar-refractivity contribution in [1.29, 1.82) is 0 Å². The maximum absolute atomic E-state index is 11.9. The van der Waals surface area contributed by atoms with Crippen LogP contribution in [0.1, 0.15) is 69.9 Å². The van der Waals surface area contributed by atoms with Crippen molar-refractivity contribution in [3.05, 3.63) is 58.7 Å². The number of carbonyl (C=O) groups is 2. The van der Waals surface area contributed by atoms with Gasteiger partial charge in [-0.1, -0.05) is 36.9 Å². The van der Waals surface area contributed by atoms with E-state index >= 15 is 0 Å². The number of halogens is 1. The highest BCUT2D eigenvalue weighted by molar-refractivity contribution is 6.36. The lowest BCUT2D eigenvalue weighted by Gasteiger charge is -2.27. The summed E-state index contributed by atoms with van der Waals surface area (Å²) in [5.41, 5.74) is 2.98. The van der Waals surface area contributed by atoms with Gasteiger partial charge < -0.3 is 18.9 Å². The quantitative estimate of drug-likeness (QED) is 0.263. The first-order valence-corrected chi connectivity index (χ1v) is 12.7. The predicted octanol–water partition coefficient (Wildman–Crippen LogP) is 6.63. The molecule has 4 rings (SSSR count). The zero-order valence-corrected chi connectivity index (χ0v) is 22.1. The van der Waals surface area contributed by atoms with Crippen LogP contribution in [0.5, 0.6) is 11.5 Å². The summed E-state index contributed by atoms with van der Waals surface area (Å²) in [5, 5.41) is 2.20. The van der Waals surface area contributed by atoms with E-state index in [9.17, 15) is 9.59 Å². The minimum atomic E-state index is -0.458. The lowest BCUT2D eigenvalue weighted by Crippen LogP contribution is -2.24. The molecule has 2 aliphatic rings. The highest BCUT2D eigenvalue weighted by Gasteiger charge is 2.43. The Hall–Kier alpha value is -2.99. The molecule has 4 atom stereocenters. The number of benzene rings is 2. The van der Waals surface area contributed by atoms with Crippen molar-refractivity contribution in [2.24, 2.45) is 0 Å². The molecule has 2 aromatic carbocycles. The Morgan fingerprint density at radius 1 is 0.917 bits per heavy atom. The molecule has 1 fully saturated rings. The fourth-order valence-corrected chi connectivity index (χ4v) is 5.39. The summed E-state index contributed by atoms with van der Waals surface area (Å²) in [4.78, 5) is 23.9. The average molecular weight is 513 g/mol. The lowest BCUT2D eigenvalue weighted by molar-refractivity contribution is -0.145. The van der Waals surface area contributed by atoms with E-state index in [-0.39, 0.29) is 13.2 Å². The van der Waals surface area contributed by atoms with Crippen molar-refractivity contribution in [3.8, 4) is 11.5 Å². The summed E-state index contributed by atoms with van der Waals surface area (Å²) in [5.74, 6) is 1.37. The molecular formula is C29H33ClO6. The first kappa shape index (κ1) is 26.1. The first-order valence-electron chi connectivity index (χ1n) is 12.3. The van der Waals surface area contributed by atoms with Gasteiger partial charge in [0.1, 0.15) is 36.9 Å². The molecule has 2 aromatic rings. The average Bonchev–Trinajstić information content (AvgIpc) is 3.43. The standard InChI is InChI=1S/C29H33ClO6/c1-15(2)28(31)35-17(5)13-33-26-21-8-7-9-22(30)25(21)27(24-20-11-10-19(12-20)23(24)26)34-14-18(6)36-29(32)16(3)4/h7-9,17-20H,1,3,10-14H2,2,4-6H3. The largest absolute Gasteiger partial charge is 0.489 e. The van der Waals surface area contributed by atoms with Crippen molar-refractivity contribution in [3.63, 3.8) is 0 Å². The summed E-state index contributed by atoms with van der Waals surface area (Å²) < 4.78 is 23.6. The van der Waals surface area contributed by atoms with Crippen LogP contribution in [0.4, 0.5) is 0 Å². The highest BCUT2D eigenvalue weighted by atomic mass is 35.5. The number of hydrogen-bond donors (Lipinski definition) is 0. The van der Waals surface area contributed by atoms with Crippen LogP contribution in [-0.4, -0.2) is 37.4 Å². The number of esters is 2. The Morgan fingerprint density at radius 3 is 1.94 bits per heavy atom. The molecule has 0 heterocycles. The van der Waals surface area contributed by atoms with E-state index in [1.165, 1.54) is 0 Å². The molecule has 0 spiro atoms. The van der Waals surface area contributed by atoms with Gasteiger partial charge in [0.25, 0.3) is 0 Å². The number of ether oxygens (including phenoxy) is 4. The predicted molar refractivity (Wildman–Crippen MR) is 140 cm³/mol. The third-order valence-electron chi connectivity index (χ3n) is 6.75. The van der Waals surface area contributed by atoms with E-state index < -0.39 is 24.1 Å². The van der Waals surface area contributed by atoms with Crippen LogP contribution in [0.25, 0.3) is 10.8 Å². The van der Waals surface area contributed by atoms with E-state index in [1.54, 1.807) is 27.7 Å². The molecule has 2 aliphatic carbocycles. The normalized spacial score (nSPS) is 19.4. The molecule has 4 unspecified atom stereocenters. The van der Waals surface area contributed by atoms with Crippen LogP contribution >= 0.6 is 11.6 Å². The van der Waals surface area contributed by atoms with Crippen molar-refractivity contribution >= 4 is 34.3 Å². The zero-order valence-electron chi connectivity index (χ0n) is 21.3. The second-order valence-corrected chi connectivity index (χ2v) is 10.4. The Bertz CT molecular complexity index is 1230. The van der Waals surface area contributed by atoms with Crippen LogP contribution in [0.3, 0.4) is 0 Å². The highest BCUT2D eigenvalue weighted by Crippen LogP contribution is 2.61. The Labute approximate surface area is 217 Å². The van der Waals surface area contributed by atoms with Crippen LogP contribution in [0.15, 0.2) is 42.5 Å². The SMILES string of the molecule is C=C(C)C(=O)OC(C)COc1c2c(c(OCC(C)OC(=O)C(=C)C)c3c(Cl)cccc13)C1CCC2C1. The van der Waals surface area contributed by atoms with Crippen molar-refractivity contribution < 1.29 is 28.5 Å². The number of hydrogen-bond acceptors (Lipinski definition) is 6. The van der Waals surface area contributed by atoms with Crippen LogP contribution in [-0.2, 0) is 19.1 Å². The molecule has 0 amide bonds. The van der Waals surface area contributed by atoms with Crippen molar-refractivity contribution in [1.82, 2.24) is 0 Å². The molecule has 36 heavy (non-hydrogen) atoms. The minimum absolute atomic E-state index is 0.192. The van der Waals surface area contributed by atoms with E-state index in [4.69, 9.17) is 30.5 Å². The summed E-state index contributed by atoms with van der Waals surface area (Å²) in [6.45, 7) is 14.5. The van der Waals surface area contributed by atoms with E-state index in [2.05, 4.69) is 13.2 Å². The zero-order chi connectivity index (χ0) is 26.1. The molecule has 0 saturated heterocycles. The molecule has 0 radical (unpaired) electrons.